The van der Waals surface area contributed by atoms with Gasteiger partial charge in [-0.1, -0.05) is 4.49 Å². The van der Waals surface area contributed by atoms with Crippen LogP contribution in [0.15, 0.2) is 18.5 Å². The van der Waals surface area contributed by atoms with E-state index in [1.165, 1.54) is 34.1 Å². The largest absolute Gasteiger partial charge is 0.494 e. The summed E-state index contributed by atoms with van der Waals surface area (Å²) in [6.45, 7) is -0.939. The summed E-state index contributed by atoms with van der Waals surface area (Å²) in [7, 11) is 1.60. The van der Waals surface area contributed by atoms with Crippen molar-refractivity contribution in [1.82, 2.24) is 24.5 Å². The van der Waals surface area contributed by atoms with Crippen LogP contribution in [0.4, 0.5) is 20.3 Å². The summed E-state index contributed by atoms with van der Waals surface area (Å²) >= 11 is 2.84. The highest BCUT2D eigenvalue weighted by molar-refractivity contribution is 7.19. The highest BCUT2D eigenvalue weighted by Gasteiger charge is 2.48. The van der Waals surface area contributed by atoms with Gasteiger partial charge < -0.3 is 15.0 Å². The molecule has 170 valence electrons. The molecule has 2 aliphatic rings. The number of fused-ring (bicyclic) bond motifs is 4. The Labute approximate surface area is 194 Å². The van der Waals surface area contributed by atoms with Crippen LogP contribution in [0.2, 0.25) is 0 Å². The number of carbonyl (C=O) groups is 1. The summed E-state index contributed by atoms with van der Waals surface area (Å²) < 4.78 is 36.9. The van der Waals surface area contributed by atoms with E-state index in [-0.39, 0.29) is 11.8 Å². The van der Waals surface area contributed by atoms with Crippen molar-refractivity contribution in [3.8, 4) is 5.75 Å². The number of aromatic nitrogens is 4. The molecule has 1 aliphatic carbocycles. The summed E-state index contributed by atoms with van der Waals surface area (Å²) in [6, 6.07) is 3.77. The first kappa shape index (κ1) is 20.6. The van der Waals surface area contributed by atoms with Crippen LogP contribution in [0.1, 0.15) is 16.9 Å². The molecular formula is C21H18F2N6O2S2. The molecule has 1 aliphatic heterocycles. The van der Waals surface area contributed by atoms with Gasteiger partial charge in [0, 0.05) is 16.9 Å². The second-order valence-electron chi connectivity index (χ2n) is 8.31. The molecule has 1 aromatic carbocycles. The molecular weight excluding hydrogens is 470 g/mol. The molecule has 1 atom stereocenters. The molecule has 0 spiro atoms. The van der Waals surface area contributed by atoms with Crippen molar-refractivity contribution >= 4 is 60.7 Å². The van der Waals surface area contributed by atoms with Crippen molar-refractivity contribution < 1.29 is 18.3 Å². The zero-order valence-corrected chi connectivity index (χ0v) is 19.1. The summed E-state index contributed by atoms with van der Waals surface area (Å²) in [5, 5.41) is 8.41. The molecule has 12 heteroatoms. The Bertz CT molecular complexity index is 1400. The minimum absolute atomic E-state index is 0.176. The number of rotatable bonds is 4. The van der Waals surface area contributed by atoms with Gasteiger partial charge in [0.2, 0.25) is 5.91 Å². The number of ether oxygens (including phenoxy) is 1. The molecule has 0 bridgehead atoms. The Hall–Kier alpha value is -2.99. The van der Waals surface area contributed by atoms with Gasteiger partial charge in [-0.05, 0) is 42.4 Å². The van der Waals surface area contributed by atoms with Crippen LogP contribution in [0.5, 0.6) is 5.75 Å². The van der Waals surface area contributed by atoms with Gasteiger partial charge >= 0.3 is 0 Å². The van der Waals surface area contributed by atoms with E-state index in [1.54, 1.807) is 7.11 Å². The van der Waals surface area contributed by atoms with E-state index in [0.29, 0.717) is 30.8 Å². The average molecular weight is 489 g/mol. The van der Waals surface area contributed by atoms with Gasteiger partial charge in [0.25, 0.3) is 5.92 Å². The molecule has 6 rings (SSSR count). The van der Waals surface area contributed by atoms with E-state index < -0.39 is 19.0 Å². The number of alkyl halides is 2. The number of nitrogens with one attached hydrogen (secondary N) is 1. The first-order chi connectivity index (χ1) is 15.9. The van der Waals surface area contributed by atoms with Crippen LogP contribution >= 0.6 is 22.9 Å². The quantitative estimate of drug-likeness (QED) is 0.464. The number of benzene rings is 1. The Kier molecular flexibility index (Phi) is 4.70. The van der Waals surface area contributed by atoms with E-state index in [1.807, 2.05) is 12.1 Å². The van der Waals surface area contributed by atoms with Crippen LogP contribution in [0.25, 0.3) is 20.4 Å². The Morgan fingerprint density at radius 1 is 1.30 bits per heavy atom. The second-order valence-corrected chi connectivity index (χ2v) is 10.2. The predicted molar refractivity (Wildman–Crippen MR) is 122 cm³/mol. The summed E-state index contributed by atoms with van der Waals surface area (Å²) in [5.41, 5.74) is 2.63. The maximum Gasteiger partial charge on any atom is 0.282 e. The maximum absolute atomic E-state index is 13.2. The molecule has 4 heterocycles. The Morgan fingerprint density at radius 2 is 2.15 bits per heavy atom. The third-order valence-electron chi connectivity index (χ3n) is 6.17. The number of nitrogens with zero attached hydrogens (tertiary/aromatic N) is 5. The molecule has 1 saturated heterocycles. The number of thiophene rings is 1. The lowest BCUT2D eigenvalue weighted by atomic mass is 9.86. The molecule has 4 aromatic rings. The SMILES string of the molecule is COc1cc2nnsc2cc1Nc1ncnc2sc3c(c12)CC[C@H](C(=O)N1CC(F)(F)C1)C3. The Morgan fingerprint density at radius 3 is 2.94 bits per heavy atom. The third-order valence-corrected chi connectivity index (χ3v) is 8.02. The lowest BCUT2D eigenvalue weighted by Gasteiger charge is -2.41. The van der Waals surface area contributed by atoms with Crippen molar-refractivity contribution in [3.63, 3.8) is 0 Å². The van der Waals surface area contributed by atoms with Gasteiger partial charge in [-0.15, -0.1) is 16.4 Å². The predicted octanol–water partition coefficient (Wildman–Crippen LogP) is 4.03. The van der Waals surface area contributed by atoms with Crippen molar-refractivity contribution in [2.45, 2.75) is 25.2 Å². The maximum atomic E-state index is 13.2. The summed E-state index contributed by atoms with van der Waals surface area (Å²) in [5.74, 6) is -1.90. The molecule has 1 amide bonds. The number of halogens is 2. The zero-order valence-electron chi connectivity index (χ0n) is 17.5. The van der Waals surface area contributed by atoms with Crippen LogP contribution in [-0.2, 0) is 17.6 Å². The zero-order chi connectivity index (χ0) is 22.7. The van der Waals surface area contributed by atoms with E-state index in [9.17, 15) is 13.6 Å². The van der Waals surface area contributed by atoms with Crippen LogP contribution in [-0.4, -0.2) is 56.5 Å². The number of hydrogen-bond donors (Lipinski definition) is 1. The smallest absolute Gasteiger partial charge is 0.282 e. The number of amides is 1. The monoisotopic (exact) mass is 488 g/mol. The molecule has 0 saturated carbocycles. The van der Waals surface area contributed by atoms with Crippen molar-refractivity contribution in [3.05, 3.63) is 28.9 Å². The number of hydrogen-bond acceptors (Lipinski definition) is 9. The van der Waals surface area contributed by atoms with E-state index in [4.69, 9.17) is 4.74 Å². The van der Waals surface area contributed by atoms with Gasteiger partial charge in [-0.3, -0.25) is 4.79 Å². The highest BCUT2D eigenvalue weighted by Crippen LogP contribution is 2.42. The second kappa shape index (κ2) is 7.52. The average Bonchev–Trinajstić information content (AvgIpc) is 3.39. The number of methoxy groups -OCH3 is 1. The fourth-order valence-electron chi connectivity index (χ4n) is 4.54. The van der Waals surface area contributed by atoms with Crippen LogP contribution < -0.4 is 10.1 Å². The van der Waals surface area contributed by atoms with Crippen LogP contribution in [0.3, 0.4) is 0 Å². The number of aryl methyl sites for hydroxylation is 1. The van der Waals surface area contributed by atoms with E-state index >= 15 is 0 Å². The van der Waals surface area contributed by atoms with Crippen molar-refractivity contribution in [2.24, 2.45) is 5.92 Å². The van der Waals surface area contributed by atoms with Crippen molar-refractivity contribution in [2.75, 3.05) is 25.5 Å². The normalized spacial score (nSPS) is 19.4. The fraction of sp³-hybridized carbons (Fsp3) is 0.381. The highest BCUT2D eigenvalue weighted by atomic mass is 32.1. The lowest BCUT2D eigenvalue weighted by Crippen LogP contribution is -2.60. The minimum Gasteiger partial charge on any atom is -0.494 e. The summed E-state index contributed by atoms with van der Waals surface area (Å²) in [4.78, 5) is 24.8. The molecule has 3 aromatic heterocycles. The van der Waals surface area contributed by atoms with Gasteiger partial charge in [0.1, 0.15) is 28.2 Å². The van der Waals surface area contributed by atoms with Crippen LogP contribution in [0, 0.1) is 5.92 Å². The first-order valence-corrected chi connectivity index (χ1v) is 12.0. The van der Waals surface area contributed by atoms with E-state index in [2.05, 4.69) is 24.9 Å². The van der Waals surface area contributed by atoms with Crippen molar-refractivity contribution in [1.29, 1.82) is 0 Å². The molecule has 33 heavy (non-hydrogen) atoms. The lowest BCUT2D eigenvalue weighted by molar-refractivity contribution is -0.169. The minimum atomic E-state index is -2.75. The Balaban J connectivity index is 1.32. The fourth-order valence-corrected chi connectivity index (χ4v) is 6.39. The number of likely N-dealkylation sites (tertiary alicyclic amines) is 1. The number of carbonyl (C=O) groups excluding carboxylic acids is 1. The number of anilines is 2. The van der Waals surface area contributed by atoms with Gasteiger partial charge in [0.15, 0.2) is 0 Å². The van der Waals surface area contributed by atoms with Gasteiger partial charge in [0.05, 0.1) is 36.0 Å². The van der Waals surface area contributed by atoms with Gasteiger partial charge in [-0.2, -0.15) is 0 Å². The summed E-state index contributed by atoms with van der Waals surface area (Å²) in [6.07, 6.45) is 3.35. The van der Waals surface area contributed by atoms with E-state index in [0.717, 1.165) is 36.6 Å². The topological polar surface area (TPSA) is 93.1 Å². The molecule has 0 unspecified atom stereocenters. The molecule has 1 fully saturated rings. The molecule has 0 radical (unpaired) electrons. The first-order valence-electron chi connectivity index (χ1n) is 10.4. The molecule has 1 N–H and O–H groups in total. The standard InChI is InChI=1S/C21H18F2N6O2S2/c1-31-14-5-13-16(33-28-27-13)6-12(14)26-18-17-11-3-2-10(20(30)29-7-21(22,23)8-29)4-15(11)32-19(17)25-9-24-18/h5-6,9-10H,2-4,7-8H2,1H3,(H,24,25,26)/t10-/m0/s1. The third kappa shape index (κ3) is 3.48. The molecule has 8 nitrogen and oxygen atoms in total. The van der Waals surface area contributed by atoms with Gasteiger partial charge in [-0.25, -0.2) is 18.7 Å².